The number of amides is 1. The topological polar surface area (TPSA) is 90.7 Å². The van der Waals surface area contributed by atoms with Crippen LogP contribution in [0, 0.1) is 12.7 Å². The maximum Gasteiger partial charge on any atom is 0.419 e. The van der Waals surface area contributed by atoms with Crippen LogP contribution in [0.15, 0.2) is 48.2 Å². The van der Waals surface area contributed by atoms with E-state index in [1.807, 2.05) is 11.8 Å². The van der Waals surface area contributed by atoms with Crippen LogP contribution < -0.4 is 15.6 Å². The van der Waals surface area contributed by atoms with Gasteiger partial charge < -0.3 is 20.5 Å². The number of allylic oxidation sites excluding steroid dienone is 1. The van der Waals surface area contributed by atoms with E-state index in [-0.39, 0.29) is 17.8 Å². The van der Waals surface area contributed by atoms with Gasteiger partial charge >= 0.3 is 6.18 Å². The number of nitrogens with zero attached hydrogens (tertiary/aromatic N) is 6. The predicted molar refractivity (Wildman–Crippen MR) is 144 cm³/mol. The van der Waals surface area contributed by atoms with E-state index in [0.717, 1.165) is 11.6 Å². The second kappa shape index (κ2) is 12.1. The first-order valence-corrected chi connectivity index (χ1v) is 11.8. The van der Waals surface area contributed by atoms with E-state index in [9.17, 15) is 22.4 Å². The average Bonchev–Trinajstić information content (AvgIpc) is 3.36. The van der Waals surface area contributed by atoms with Crippen LogP contribution in [0.3, 0.4) is 0 Å². The maximum atomic E-state index is 14.9. The number of rotatable bonds is 10. The highest BCUT2D eigenvalue weighted by Crippen LogP contribution is 2.36. The smallest absolute Gasteiger partial charge is 0.371 e. The SMILES string of the molecule is C=C(/C=N\NC)c1cn(-c2cc(NC(=O)c3cc(N(C)CCN(C)C)c(F)c(C(F)(F)F)c3)ccc2C)nn1. The van der Waals surface area contributed by atoms with Crippen molar-refractivity contribution in [2.75, 3.05) is 51.5 Å². The average molecular weight is 547 g/mol. The van der Waals surface area contributed by atoms with E-state index in [4.69, 9.17) is 0 Å². The summed E-state index contributed by atoms with van der Waals surface area (Å²) in [5.74, 6) is -2.25. The lowest BCUT2D eigenvalue weighted by atomic mass is 10.1. The summed E-state index contributed by atoms with van der Waals surface area (Å²) in [6.07, 6.45) is -1.87. The highest BCUT2D eigenvalue weighted by Gasteiger charge is 2.37. The molecule has 3 rings (SSSR count). The summed E-state index contributed by atoms with van der Waals surface area (Å²) in [6.45, 7) is 6.42. The summed E-state index contributed by atoms with van der Waals surface area (Å²) >= 11 is 0. The Kier molecular flexibility index (Phi) is 9.07. The molecule has 13 heteroatoms. The molecular formula is C26H30F4N8O. The first-order valence-electron chi connectivity index (χ1n) is 11.8. The Labute approximate surface area is 223 Å². The van der Waals surface area contributed by atoms with Gasteiger partial charge in [-0.25, -0.2) is 9.07 Å². The fourth-order valence-electron chi connectivity index (χ4n) is 3.57. The molecular weight excluding hydrogens is 516 g/mol. The normalized spacial score (nSPS) is 11.7. The van der Waals surface area contributed by atoms with E-state index in [1.165, 1.54) is 22.8 Å². The number of aryl methyl sites for hydroxylation is 1. The Bertz CT molecular complexity index is 1380. The Hall–Kier alpha value is -4.26. The number of hydrogen-bond acceptors (Lipinski definition) is 7. The summed E-state index contributed by atoms with van der Waals surface area (Å²) in [7, 11) is 6.70. The second-order valence-corrected chi connectivity index (χ2v) is 9.09. The lowest BCUT2D eigenvalue weighted by Crippen LogP contribution is -2.30. The van der Waals surface area contributed by atoms with Crippen LogP contribution in [0.4, 0.5) is 28.9 Å². The molecule has 1 aromatic heterocycles. The van der Waals surface area contributed by atoms with Gasteiger partial charge in [-0.15, -0.1) is 5.10 Å². The van der Waals surface area contributed by atoms with E-state index < -0.39 is 23.5 Å². The number of anilines is 2. The summed E-state index contributed by atoms with van der Waals surface area (Å²) in [4.78, 5) is 16.2. The van der Waals surface area contributed by atoms with Crippen LogP contribution >= 0.6 is 0 Å². The first kappa shape index (κ1) is 29.3. The molecule has 39 heavy (non-hydrogen) atoms. The van der Waals surface area contributed by atoms with Crippen LogP contribution in [0.5, 0.6) is 0 Å². The molecule has 0 saturated heterocycles. The number of alkyl halides is 3. The molecule has 0 radical (unpaired) electrons. The van der Waals surface area contributed by atoms with Gasteiger partial charge in [0.1, 0.15) is 5.69 Å². The van der Waals surface area contributed by atoms with Crippen molar-refractivity contribution in [1.82, 2.24) is 25.3 Å². The number of likely N-dealkylation sites (N-methyl/N-ethyl adjacent to an activating group) is 2. The van der Waals surface area contributed by atoms with E-state index >= 15 is 0 Å². The molecule has 0 aliphatic heterocycles. The molecule has 208 valence electrons. The lowest BCUT2D eigenvalue weighted by molar-refractivity contribution is -0.139. The standard InChI is InChI=1S/C26H30F4N8O/c1-16-7-8-19(13-22(16)38-15-21(34-35-38)17(2)14-32-31-3)33-25(39)18-11-20(26(28,29)30)24(27)23(12-18)37(6)10-9-36(4)5/h7-8,11-15,31H,2,9-10H2,1,3-6H3,(H,33,39)/b32-14-. The molecule has 0 fully saturated rings. The number of aromatic nitrogens is 3. The molecule has 2 N–H and O–H groups in total. The van der Waals surface area contributed by atoms with Crippen molar-refractivity contribution in [2.45, 2.75) is 13.1 Å². The Balaban J connectivity index is 1.93. The number of hydrazone groups is 1. The zero-order chi connectivity index (χ0) is 28.9. The Morgan fingerprint density at radius 1 is 1.18 bits per heavy atom. The van der Waals surface area contributed by atoms with Crippen molar-refractivity contribution >= 4 is 29.1 Å². The fraction of sp³-hybridized carbons (Fsp3) is 0.308. The van der Waals surface area contributed by atoms with Crippen molar-refractivity contribution in [3.8, 4) is 5.69 Å². The van der Waals surface area contributed by atoms with Gasteiger partial charge in [0.25, 0.3) is 5.91 Å². The van der Waals surface area contributed by atoms with E-state index in [1.54, 1.807) is 45.5 Å². The molecule has 0 atom stereocenters. The third-order valence-corrected chi connectivity index (χ3v) is 5.80. The van der Waals surface area contributed by atoms with Crippen LogP contribution in [-0.2, 0) is 6.18 Å². The third-order valence-electron chi connectivity index (χ3n) is 5.80. The monoisotopic (exact) mass is 546 g/mol. The van der Waals surface area contributed by atoms with E-state index in [2.05, 4.69) is 32.7 Å². The summed E-state index contributed by atoms with van der Waals surface area (Å²) in [5.41, 5.74) is 3.11. The number of carbonyl (C=O) groups is 1. The highest BCUT2D eigenvalue weighted by molar-refractivity contribution is 6.07. The zero-order valence-corrected chi connectivity index (χ0v) is 22.3. The van der Waals surface area contributed by atoms with Gasteiger partial charge in [0.2, 0.25) is 0 Å². The Morgan fingerprint density at radius 2 is 1.90 bits per heavy atom. The molecule has 1 amide bonds. The summed E-state index contributed by atoms with van der Waals surface area (Å²) in [5, 5.41) is 14.7. The van der Waals surface area contributed by atoms with Gasteiger partial charge in [0, 0.05) is 44.0 Å². The summed E-state index contributed by atoms with van der Waals surface area (Å²) < 4.78 is 57.3. The molecule has 0 aliphatic carbocycles. The van der Waals surface area contributed by atoms with Crippen LogP contribution in [-0.4, -0.2) is 73.3 Å². The van der Waals surface area contributed by atoms with Gasteiger partial charge in [-0.2, -0.15) is 18.3 Å². The molecule has 1 heterocycles. The number of hydrogen-bond donors (Lipinski definition) is 2. The molecule has 3 aromatic rings. The minimum atomic E-state index is -4.98. The fourth-order valence-corrected chi connectivity index (χ4v) is 3.57. The number of nitrogens with one attached hydrogen (secondary N) is 2. The molecule has 0 spiro atoms. The van der Waals surface area contributed by atoms with Gasteiger partial charge in [-0.1, -0.05) is 17.9 Å². The summed E-state index contributed by atoms with van der Waals surface area (Å²) in [6, 6.07) is 6.56. The van der Waals surface area contributed by atoms with E-state index in [0.29, 0.717) is 35.3 Å². The third kappa shape index (κ3) is 7.19. The number of benzene rings is 2. The van der Waals surface area contributed by atoms with Crippen molar-refractivity contribution in [1.29, 1.82) is 0 Å². The van der Waals surface area contributed by atoms with Gasteiger partial charge in [-0.3, -0.25) is 4.79 Å². The van der Waals surface area contributed by atoms with Crippen molar-refractivity contribution in [2.24, 2.45) is 5.10 Å². The quantitative estimate of drug-likeness (QED) is 0.225. The molecule has 2 aromatic carbocycles. The molecule has 9 nitrogen and oxygen atoms in total. The maximum absolute atomic E-state index is 14.9. The van der Waals surface area contributed by atoms with Crippen molar-refractivity contribution < 1.29 is 22.4 Å². The zero-order valence-electron chi connectivity index (χ0n) is 22.3. The number of carbonyl (C=O) groups excluding carboxylic acids is 1. The Morgan fingerprint density at radius 3 is 2.54 bits per heavy atom. The molecule has 0 saturated carbocycles. The predicted octanol–water partition coefficient (Wildman–Crippen LogP) is 4.20. The minimum absolute atomic E-state index is 0.251. The molecule has 0 aliphatic rings. The molecule has 0 bridgehead atoms. The highest BCUT2D eigenvalue weighted by atomic mass is 19.4. The molecule has 0 unspecified atom stereocenters. The van der Waals surface area contributed by atoms with Crippen molar-refractivity contribution in [3.63, 3.8) is 0 Å². The largest absolute Gasteiger partial charge is 0.419 e. The van der Waals surface area contributed by atoms with Crippen LogP contribution in [0.2, 0.25) is 0 Å². The number of halogens is 4. The second-order valence-electron chi connectivity index (χ2n) is 9.09. The van der Waals surface area contributed by atoms with Gasteiger partial charge in [-0.05, 0) is 50.8 Å². The van der Waals surface area contributed by atoms with Crippen LogP contribution in [0.25, 0.3) is 11.3 Å². The van der Waals surface area contributed by atoms with Gasteiger partial charge in [0.05, 0.1) is 29.3 Å². The minimum Gasteiger partial charge on any atom is -0.371 e. The van der Waals surface area contributed by atoms with Gasteiger partial charge in [0.15, 0.2) is 5.82 Å². The first-order chi connectivity index (χ1) is 18.3. The van der Waals surface area contributed by atoms with Crippen molar-refractivity contribution in [3.05, 3.63) is 71.3 Å². The van der Waals surface area contributed by atoms with Crippen LogP contribution in [0.1, 0.15) is 27.2 Å². The lowest BCUT2D eigenvalue weighted by Gasteiger charge is -2.24.